The van der Waals surface area contributed by atoms with Crippen LogP contribution in [-0.4, -0.2) is 52.1 Å². The molecule has 0 aliphatic carbocycles. The molecule has 4 aromatic carbocycles. The van der Waals surface area contributed by atoms with Gasteiger partial charge in [0.1, 0.15) is 0 Å². The van der Waals surface area contributed by atoms with E-state index < -0.39 is 0 Å². The number of amides is 1. The molecule has 0 atom stereocenters. The van der Waals surface area contributed by atoms with Gasteiger partial charge >= 0.3 is 0 Å². The van der Waals surface area contributed by atoms with Gasteiger partial charge in [-0.3, -0.25) is 4.79 Å². The summed E-state index contributed by atoms with van der Waals surface area (Å²) in [6.07, 6.45) is 27.5. The molecule has 1 N–H and O–H groups in total. The maximum Gasteiger partial charge on any atom is 0.258 e. The van der Waals surface area contributed by atoms with Crippen LogP contribution in [0.15, 0.2) is 36.4 Å². The molecule has 0 unspecified atom stereocenters. The predicted octanol–water partition coefficient (Wildman–Crippen LogP) is 14.1. The first-order valence-corrected chi connectivity index (χ1v) is 24.0. The molecule has 1 amide bonds. The van der Waals surface area contributed by atoms with E-state index in [1.807, 2.05) is 6.07 Å². The molecular formula is C53H77NO7. The van der Waals surface area contributed by atoms with Gasteiger partial charge in [0.15, 0.2) is 41.1 Å². The van der Waals surface area contributed by atoms with Crippen LogP contribution in [0.5, 0.6) is 34.5 Å². The SMILES string of the molecule is C#CCNC(=O)COc1cc2c3cc(OCCCCCC)c(OCCCCCC)cc3c3cc(OCCCCCC)c(OCCCCCC)cc3c2cc1OCCCCCC. The minimum atomic E-state index is -0.294. The van der Waals surface area contributed by atoms with Gasteiger partial charge in [-0.1, -0.05) is 137 Å². The maximum atomic E-state index is 12.8. The zero-order valence-electron chi connectivity index (χ0n) is 38.5. The Hall–Kier alpha value is -4.51. The molecule has 0 heterocycles. The van der Waals surface area contributed by atoms with Gasteiger partial charge in [0.05, 0.1) is 39.6 Å². The van der Waals surface area contributed by atoms with E-state index in [9.17, 15) is 4.79 Å². The Balaban J connectivity index is 1.98. The van der Waals surface area contributed by atoms with E-state index in [1.54, 1.807) is 0 Å². The summed E-state index contributed by atoms with van der Waals surface area (Å²) in [4.78, 5) is 12.8. The lowest BCUT2D eigenvalue weighted by Crippen LogP contribution is -2.29. The third-order valence-corrected chi connectivity index (χ3v) is 11.1. The van der Waals surface area contributed by atoms with Crippen molar-refractivity contribution in [2.75, 3.05) is 46.2 Å². The summed E-state index contributed by atoms with van der Waals surface area (Å²) in [6.45, 7) is 14.0. The Labute approximate surface area is 368 Å². The summed E-state index contributed by atoms with van der Waals surface area (Å²) in [7, 11) is 0. The average molecular weight is 840 g/mol. The fourth-order valence-electron chi connectivity index (χ4n) is 7.59. The highest BCUT2D eigenvalue weighted by molar-refractivity contribution is 6.26. The number of carbonyl (C=O) groups is 1. The van der Waals surface area contributed by atoms with Crippen LogP contribution in [-0.2, 0) is 4.79 Å². The van der Waals surface area contributed by atoms with Gasteiger partial charge in [-0.2, -0.15) is 0 Å². The van der Waals surface area contributed by atoms with Crippen molar-refractivity contribution < 1.29 is 33.2 Å². The van der Waals surface area contributed by atoms with Gasteiger partial charge in [0, 0.05) is 0 Å². The molecule has 8 heteroatoms. The molecule has 0 saturated heterocycles. The summed E-state index contributed by atoms with van der Waals surface area (Å²) in [5, 5.41) is 8.71. The molecule has 0 aliphatic rings. The molecule has 61 heavy (non-hydrogen) atoms. The van der Waals surface area contributed by atoms with Crippen LogP contribution in [0.25, 0.3) is 32.3 Å². The Morgan fingerprint density at radius 1 is 0.410 bits per heavy atom. The first-order chi connectivity index (χ1) is 30.0. The lowest BCUT2D eigenvalue weighted by Gasteiger charge is -2.20. The van der Waals surface area contributed by atoms with Gasteiger partial charge in [-0.25, -0.2) is 0 Å². The summed E-state index contributed by atoms with van der Waals surface area (Å²) in [6, 6.07) is 12.7. The highest BCUT2D eigenvalue weighted by Crippen LogP contribution is 2.47. The third kappa shape index (κ3) is 16.0. The molecule has 0 fully saturated rings. The van der Waals surface area contributed by atoms with E-state index in [0.717, 1.165) is 139 Å². The van der Waals surface area contributed by atoms with Crippen molar-refractivity contribution in [2.45, 2.75) is 163 Å². The molecule has 0 aromatic heterocycles. The van der Waals surface area contributed by atoms with Crippen molar-refractivity contribution in [3.63, 3.8) is 0 Å². The van der Waals surface area contributed by atoms with Crippen molar-refractivity contribution in [3.8, 4) is 46.8 Å². The third-order valence-electron chi connectivity index (χ3n) is 11.1. The fourth-order valence-corrected chi connectivity index (χ4v) is 7.59. The van der Waals surface area contributed by atoms with Crippen molar-refractivity contribution >= 4 is 38.2 Å². The van der Waals surface area contributed by atoms with Crippen LogP contribution in [0.3, 0.4) is 0 Å². The van der Waals surface area contributed by atoms with Crippen LogP contribution in [0.4, 0.5) is 0 Å². The number of rotatable bonds is 34. The zero-order valence-corrected chi connectivity index (χ0v) is 38.5. The number of terminal acetylenes is 1. The van der Waals surface area contributed by atoms with Crippen molar-refractivity contribution in [3.05, 3.63) is 36.4 Å². The molecule has 0 saturated carbocycles. The van der Waals surface area contributed by atoms with Crippen molar-refractivity contribution in [1.82, 2.24) is 5.32 Å². The smallest absolute Gasteiger partial charge is 0.258 e. The summed E-state index contributed by atoms with van der Waals surface area (Å²) >= 11 is 0. The van der Waals surface area contributed by atoms with Crippen molar-refractivity contribution in [1.29, 1.82) is 0 Å². The van der Waals surface area contributed by atoms with Gasteiger partial charge < -0.3 is 33.7 Å². The Morgan fingerprint density at radius 3 is 0.885 bits per heavy atom. The maximum absolute atomic E-state index is 12.8. The van der Waals surface area contributed by atoms with Crippen LogP contribution in [0.1, 0.15) is 163 Å². The minimum Gasteiger partial charge on any atom is -0.490 e. The highest BCUT2D eigenvalue weighted by atomic mass is 16.5. The molecule has 8 nitrogen and oxygen atoms in total. The molecule has 4 rings (SSSR count). The lowest BCUT2D eigenvalue weighted by atomic mass is 9.93. The van der Waals surface area contributed by atoms with Gasteiger partial charge in [-0.15, -0.1) is 6.42 Å². The summed E-state index contributed by atoms with van der Waals surface area (Å²) in [5.41, 5.74) is 0. The van der Waals surface area contributed by atoms with E-state index >= 15 is 0 Å². The van der Waals surface area contributed by atoms with E-state index in [1.165, 1.54) is 44.9 Å². The topological polar surface area (TPSA) is 84.5 Å². The Morgan fingerprint density at radius 2 is 0.656 bits per heavy atom. The second kappa shape index (κ2) is 28.9. The lowest BCUT2D eigenvalue weighted by molar-refractivity contribution is -0.122. The molecule has 0 spiro atoms. The molecule has 336 valence electrons. The molecule has 0 aliphatic heterocycles. The number of hydrogen-bond acceptors (Lipinski definition) is 7. The molecule has 0 bridgehead atoms. The zero-order chi connectivity index (χ0) is 43.5. The minimum absolute atomic E-state index is 0.134. The van der Waals surface area contributed by atoms with Crippen LogP contribution < -0.4 is 33.7 Å². The first kappa shape index (κ1) is 49.1. The molecular weight excluding hydrogens is 763 g/mol. The number of fused-ring (bicyclic) bond motifs is 6. The summed E-state index contributed by atoms with van der Waals surface area (Å²) in [5.74, 6) is 6.23. The predicted molar refractivity (Wildman–Crippen MR) is 254 cm³/mol. The van der Waals surface area contributed by atoms with Crippen LogP contribution in [0, 0.1) is 12.3 Å². The highest BCUT2D eigenvalue weighted by Gasteiger charge is 2.21. The fraction of sp³-hybridized carbons (Fsp3) is 0.604. The van der Waals surface area contributed by atoms with Crippen LogP contribution in [0.2, 0.25) is 0 Å². The van der Waals surface area contributed by atoms with Gasteiger partial charge in [0.2, 0.25) is 0 Å². The number of benzene rings is 4. The second-order valence-corrected chi connectivity index (χ2v) is 16.3. The van der Waals surface area contributed by atoms with E-state index in [-0.39, 0.29) is 19.1 Å². The van der Waals surface area contributed by atoms with Gasteiger partial charge in [-0.05, 0) is 101 Å². The average Bonchev–Trinajstić information content (AvgIpc) is 3.27. The van der Waals surface area contributed by atoms with Crippen molar-refractivity contribution in [2.24, 2.45) is 0 Å². The number of hydrogen-bond donors (Lipinski definition) is 1. The molecule has 4 aromatic rings. The largest absolute Gasteiger partial charge is 0.490 e. The van der Waals surface area contributed by atoms with E-state index in [4.69, 9.17) is 34.8 Å². The normalized spacial score (nSPS) is 11.2. The Bertz CT molecular complexity index is 1880. The first-order valence-electron chi connectivity index (χ1n) is 24.0. The standard InChI is InChI=1S/C53H77NO7/c1-7-13-18-23-29-56-47-34-41-42-35-48(57-30-24-19-14-8-2)50(59-32-26-21-16-10-4)37-44(42)46-39-52(61-40-53(55)54-28-12-6)51(60-33-27-22-17-11-5)38-45(46)43(41)36-49(47)58-31-25-20-15-9-3/h6,34-39H,7-11,13-33,40H2,1-5H3,(H,54,55). The second-order valence-electron chi connectivity index (χ2n) is 16.3. The van der Waals surface area contributed by atoms with Crippen LogP contribution >= 0.6 is 0 Å². The van der Waals surface area contributed by atoms with E-state index in [2.05, 4.69) is 76.2 Å². The summed E-state index contributed by atoms with van der Waals surface area (Å²) < 4.78 is 39.2. The van der Waals surface area contributed by atoms with E-state index in [0.29, 0.717) is 44.5 Å². The van der Waals surface area contributed by atoms with Gasteiger partial charge in [0.25, 0.3) is 5.91 Å². The number of unbranched alkanes of at least 4 members (excludes halogenated alkanes) is 15. The monoisotopic (exact) mass is 840 g/mol. The number of ether oxygens (including phenoxy) is 6. The molecule has 0 radical (unpaired) electrons. The quantitative estimate of drug-likeness (QED) is 0.0285. The number of carbonyl (C=O) groups excluding carboxylic acids is 1. The Kier molecular flexibility index (Phi) is 23.3. The number of nitrogens with one attached hydrogen (secondary N) is 1.